The summed E-state index contributed by atoms with van der Waals surface area (Å²) in [5.74, 6) is -1.93. The van der Waals surface area contributed by atoms with Gasteiger partial charge in [-0.1, -0.05) is 6.07 Å². The highest BCUT2D eigenvalue weighted by atomic mass is 16.5. The van der Waals surface area contributed by atoms with Crippen LogP contribution >= 0.6 is 0 Å². The maximum atomic E-state index is 10.4. The van der Waals surface area contributed by atoms with Gasteiger partial charge in [0.25, 0.3) is 0 Å². The van der Waals surface area contributed by atoms with E-state index < -0.39 is 11.8 Å². The molecule has 5 heteroatoms. The van der Waals surface area contributed by atoms with Gasteiger partial charge in [0.05, 0.1) is 6.04 Å². The van der Waals surface area contributed by atoms with Crippen LogP contribution in [-0.2, 0) is 5.79 Å². The van der Waals surface area contributed by atoms with Gasteiger partial charge in [-0.15, -0.1) is 0 Å². The molecule has 5 N–H and O–H groups in total. The molecule has 96 valence electrons. The molecule has 1 aliphatic heterocycles. The lowest BCUT2D eigenvalue weighted by atomic mass is 9.96. The fourth-order valence-electron chi connectivity index (χ4n) is 2.67. The molecule has 3 rings (SSSR count). The fraction of sp³-hybridized carbons (Fsp3) is 0.385. The van der Waals surface area contributed by atoms with Crippen LogP contribution in [0.1, 0.15) is 18.4 Å². The first-order valence-corrected chi connectivity index (χ1v) is 6.08. The maximum Gasteiger partial charge on any atom is 0.208 e. The van der Waals surface area contributed by atoms with E-state index in [0.717, 1.165) is 13.0 Å². The van der Waals surface area contributed by atoms with Gasteiger partial charge in [-0.25, -0.2) is 0 Å². The SMILES string of the molecule is Oc1cccc2[nH]cc(C(O)(O)C3CCCN3)c12. The van der Waals surface area contributed by atoms with E-state index in [1.54, 1.807) is 18.3 Å². The van der Waals surface area contributed by atoms with Crippen LogP contribution in [0.15, 0.2) is 24.4 Å². The summed E-state index contributed by atoms with van der Waals surface area (Å²) in [5.41, 5.74) is 1.01. The van der Waals surface area contributed by atoms with Gasteiger partial charge in [0.2, 0.25) is 5.79 Å². The van der Waals surface area contributed by atoms with Crippen LogP contribution in [0.3, 0.4) is 0 Å². The Hall–Kier alpha value is -1.56. The molecule has 1 aromatic heterocycles. The van der Waals surface area contributed by atoms with Crippen LogP contribution in [0.2, 0.25) is 0 Å². The molecular formula is C13H16N2O3. The van der Waals surface area contributed by atoms with Crippen molar-refractivity contribution in [3.8, 4) is 5.75 Å². The zero-order valence-corrected chi connectivity index (χ0v) is 9.85. The summed E-state index contributed by atoms with van der Waals surface area (Å²) >= 11 is 0. The number of phenols is 1. The predicted octanol–water partition coefficient (Wildman–Crippen LogP) is 0.763. The molecule has 1 saturated heterocycles. The van der Waals surface area contributed by atoms with Crippen LogP contribution in [-0.4, -0.2) is 32.9 Å². The number of H-pyrrole nitrogens is 1. The van der Waals surface area contributed by atoms with E-state index in [0.29, 0.717) is 22.9 Å². The molecule has 0 saturated carbocycles. The van der Waals surface area contributed by atoms with Gasteiger partial charge >= 0.3 is 0 Å². The minimum Gasteiger partial charge on any atom is -0.507 e. The highest BCUT2D eigenvalue weighted by Crippen LogP contribution is 2.36. The fourth-order valence-corrected chi connectivity index (χ4v) is 2.67. The average Bonchev–Trinajstić information content (AvgIpc) is 2.99. The molecule has 1 aromatic carbocycles. The average molecular weight is 248 g/mol. The normalized spacial score (nSPS) is 20.7. The number of nitrogens with one attached hydrogen (secondary N) is 2. The summed E-state index contributed by atoms with van der Waals surface area (Å²) in [6.07, 6.45) is 3.17. The third kappa shape index (κ3) is 1.59. The van der Waals surface area contributed by atoms with Crippen molar-refractivity contribution in [3.05, 3.63) is 30.0 Å². The molecule has 0 bridgehead atoms. The number of aromatic amines is 1. The Morgan fingerprint density at radius 3 is 2.83 bits per heavy atom. The van der Waals surface area contributed by atoms with Crippen LogP contribution in [0, 0.1) is 0 Å². The Bertz CT molecular complexity index is 571. The van der Waals surface area contributed by atoms with Gasteiger partial charge in [0.1, 0.15) is 5.75 Å². The lowest BCUT2D eigenvalue weighted by Gasteiger charge is -2.28. The molecule has 18 heavy (non-hydrogen) atoms. The largest absolute Gasteiger partial charge is 0.507 e. The first-order chi connectivity index (χ1) is 8.60. The zero-order chi connectivity index (χ0) is 12.8. The van der Waals surface area contributed by atoms with Crippen molar-refractivity contribution in [2.45, 2.75) is 24.7 Å². The van der Waals surface area contributed by atoms with Crippen molar-refractivity contribution in [3.63, 3.8) is 0 Å². The zero-order valence-electron chi connectivity index (χ0n) is 9.85. The Morgan fingerprint density at radius 1 is 1.28 bits per heavy atom. The second kappa shape index (κ2) is 3.98. The summed E-state index contributed by atoms with van der Waals surface area (Å²) in [5, 5.41) is 34.1. The molecule has 2 aromatic rings. The minimum atomic E-state index is -1.98. The molecule has 1 fully saturated rings. The Labute approximate surface area is 104 Å². The molecule has 0 spiro atoms. The number of benzene rings is 1. The van der Waals surface area contributed by atoms with Crippen LogP contribution in [0.4, 0.5) is 0 Å². The van der Waals surface area contributed by atoms with Crippen molar-refractivity contribution in [2.75, 3.05) is 6.54 Å². The quantitative estimate of drug-likeness (QED) is 0.508. The number of aromatic nitrogens is 1. The highest BCUT2D eigenvalue weighted by Gasteiger charge is 2.40. The van der Waals surface area contributed by atoms with Crippen LogP contribution in [0.25, 0.3) is 10.9 Å². The van der Waals surface area contributed by atoms with Crippen molar-refractivity contribution in [2.24, 2.45) is 0 Å². The van der Waals surface area contributed by atoms with Gasteiger partial charge in [-0.3, -0.25) is 0 Å². The highest BCUT2D eigenvalue weighted by molar-refractivity contribution is 5.89. The molecular weight excluding hydrogens is 232 g/mol. The van der Waals surface area contributed by atoms with Crippen molar-refractivity contribution in [1.29, 1.82) is 0 Å². The van der Waals surface area contributed by atoms with E-state index in [2.05, 4.69) is 10.3 Å². The minimum absolute atomic E-state index is 0.0502. The maximum absolute atomic E-state index is 10.4. The lowest BCUT2D eigenvalue weighted by Crippen LogP contribution is -2.45. The standard InChI is InChI=1S/C13H16N2O3/c16-10-4-1-3-9-12(10)8(7-15-9)13(17,18)11-5-2-6-14-11/h1,3-4,7,11,14-18H,2,5-6H2. The molecule has 2 heterocycles. The van der Waals surface area contributed by atoms with E-state index in [4.69, 9.17) is 0 Å². The second-order valence-electron chi connectivity index (χ2n) is 4.78. The van der Waals surface area contributed by atoms with Gasteiger partial charge < -0.3 is 25.6 Å². The number of hydrogen-bond acceptors (Lipinski definition) is 4. The Morgan fingerprint density at radius 2 is 2.11 bits per heavy atom. The van der Waals surface area contributed by atoms with Crippen molar-refractivity contribution < 1.29 is 15.3 Å². The Balaban J connectivity index is 2.13. The van der Waals surface area contributed by atoms with E-state index in [1.165, 1.54) is 6.07 Å². The number of rotatable bonds is 2. The number of fused-ring (bicyclic) bond motifs is 1. The molecule has 0 aliphatic carbocycles. The third-order valence-electron chi connectivity index (χ3n) is 3.63. The second-order valence-corrected chi connectivity index (χ2v) is 4.78. The van der Waals surface area contributed by atoms with E-state index in [-0.39, 0.29) is 5.75 Å². The number of hydrogen-bond donors (Lipinski definition) is 5. The summed E-state index contributed by atoms with van der Waals surface area (Å²) < 4.78 is 0. The summed E-state index contributed by atoms with van der Waals surface area (Å²) in [4.78, 5) is 2.95. The van der Waals surface area contributed by atoms with Crippen molar-refractivity contribution >= 4 is 10.9 Å². The smallest absolute Gasteiger partial charge is 0.208 e. The van der Waals surface area contributed by atoms with Gasteiger partial charge in [-0.2, -0.15) is 0 Å². The monoisotopic (exact) mass is 248 g/mol. The number of aromatic hydroxyl groups is 1. The summed E-state index contributed by atoms with van der Waals surface area (Å²) in [6.45, 7) is 0.780. The Kier molecular flexibility index (Phi) is 2.55. The molecule has 1 atom stereocenters. The molecule has 0 radical (unpaired) electrons. The lowest BCUT2D eigenvalue weighted by molar-refractivity contribution is -0.188. The van der Waals surface area contributed by atoms with Gasteiger partial charge in [0.15, 0.2) is 0 Å². The van der Waals surface area contributed by atoms with E-state index >= 15 is 0 Å². The first-order valence-electron chi connectivity index (χ1n) is 6.08. The van der Waals surface area contributed by atoms with Crippen molar-refractivity contribution in [1.82, 2.24) is 10.3 Å². The van der Waals surface area contributed by atoms with Crippen LogP contribution in [0.5, 0.6) is 5.75 Å². The number of aliphatic hydroxyl groups is 2. The van der Waals surface area contributed by atoms with Crippen LogP contribution < -0.4 is 5.32 Å². The van der Waals surface area contributed by atoms with E-state index in [1.807, 2.05) is 0 Å². The first kappa shape index (κ1) is 11.5. The molecule has 1 aliphatic rings. The van der Waals surface area contributed by atoms with E-state index in [9.17, 15) is 15.3 Å². The van der Waals surface area contributed by atoms with Gasteiger partial charge in [0, 0.05) is 22.7 Å². The topological polar surface area (TPSA) is 88.5 Å². The van der Waals surface area contributed by atoms with Gasteiger partial charge in [-0.05, 0) is 31.5 Å². The summed E-state index contributed by atoms with van der Waals surface area (Å²) in [7, 11) is 0. The molecule has 1 unspecified atom stereocenters. The molecule has 0 amide bonds. The predicted molar refractivity (Wildman–Crippen MR) is 67.1 cm³/mol. The number of phenolic OH excluding ortho intramolecular Hbond substituents is 1. The molecule has 5 nitrogen and oxygen atoms in total. The third-order valence-corrected chi connectivity index (χ3v) is 3.63. The summed E-state index contributed by atoms with van der Waals surface area (Å²) in [6, 6.07) is 4.63.